The van der Waals surface area contributed by atoms with Crippen molar-refractivity contribution in [2.24, 2.45) is 5.41 Å². The van der Waals surface area contributed by atoms with Crippen molar-refractivity contribution in [3.63, 3.8) is 0 Å². The molecule has 0 radical (unpaired) electrons. The summed E-state index contributed by atoms with van der Waals surface area (Å²) in [4.78, 5) is 20.8. The molecule has 0 aromatic heterocycles. The molecule has 0 unspecified atom stereocenters. The molecule has 8 nitrogen and oxygen atoms in total. The summed E-state index contributed by atoms with van der Waals surface area (Å²) in [5.41, 5.74) is -1.64. The lowest BCUT2D eigenvalue weighted by atomic mass is 9.69. The molecule has 21 heavy (non-hydrogen) atoms. The van der Waals surface area contributed by atoms with Crippen LogP contribution in [0.25, 0.3) is 0 Å². The van der Waals surface area contributed by atoms with Crippen LogP contribution in [0.15, 0.2) is 29.2 Å². The largest absolute Gasteiger partial charge is 0.481 e. The van der Waals surface area contributed by atoms with Crippen LogP contribution in [0.5, 0.6) is 0 Å². The third kappa shape index (κ3) is 2.88. The summed E-state index contributed by atoms with van der Waals surface area (Å²) in [7, 11) is -4.13. The summed E-state index contributed by atoms with van der Waals surface area (Å²) in [5.74, 6) is -1.06. The molecule has 1 saturated carbocycles. The van der Waals surface area contributed by atoms with Crippen LogP contribution in [0.1, 0.15) is 19.3 Å². The lowest BCUT2D eigenvalue weighted by molar-refractivity contribution is -0.387. The van der Waals surface area contributed by atoms with E-state index in [4.69, 9.17) is 5.11 Å². The van der Waals surface area contributed by atoms with Gasteiger partial charge in [-0.3, -0.25) is 14.9 Å². The zero-order valence-corrected chi connectivity index (χ0v) is 11.8. The molecule has 1 aromatic rings. The molecule has 0 atom stereocenters. The van der Waals surface area contributed by atoms with E-state index < -0.39 is 36.9 Å². The average molecular weight is 314 g/mol. The van der Waals surface area contributed by atoms with Crippen LogP contribution in [0.2, 0.25) is 0 Å². The van der Waals surface area contributed by atoms with Gasteiger partial charge < -0.3 is 5.11 Å². The molecule has 2 rings (SSSR count). The van der Waals surface area contributed by atoms with Crippen molar-refractivity contribution >= 4 is 21.7 Å². The number of hydrogen-bond donors (Lipinski definition) is 2. The maximum Gasteiger partial charge on any atom is 0.310 e. The van der Waals surface area contributed by atoms with Crippen molar-refractivity contribution in [1.29, 1.82) is 0 Å². The maximum absolute atomic E-state index is 12.2. The molecular weight excluding hydrogens is 300 g/mol. The molecule has 0 aliphatic heterocycles. The van der Waals surface area contributed by atoms with Gasteiger partial charge in [-0.15, -0.1) is 0 Å². The zero-order valence-electron chi connectivity index (χ0n) is 11.0. The first-order valence-corrected chi connectivity index (χ1v) is 7.73. The molecule has 0 amide bonds. The summed E-state index contributed by atoms with van der Waals surface area (Å²) in [6, 6.07) is 4.94. The predicted molar refractivity (Wildman–Crippen MR) is 72.2 cm³/mol. The number of para-hydroxylation sites is 1. The Morgan fingerprint density at radius 3 is 2.48 bits per heavy atom. The maximum atomic E-state index is 12.2. The molecular formula is C12H14N2O6S. The van der Waals surface area contributed by atoms with Gasteiger partial charge in [0.1, 0.15) is 0 Å². The van der Waals surface area contributed by atoms with Crippen molar-refractivity contribution in [2.75, 3.05) is 6.54 Å². The number of carboxylic acid groups (broad SMARTS) is 1. The van der Waals surface area contributed by atoms with E-state index in [1.54, 1.807) is 0 Å². The van der Waals surface area contributed by atoms with Crippen molar-refractivity contribution in [2.45, 2.75) is 24.2 Å². The minimum atomic E-state index is -4.13. The van der Waals surface area contributed by atoms with Gasteiger partial charge >= 0.3 is 5.97 Å². The molecule has 1 aromatic carbocycles. The van der Waals surface area contributed by atoms with Gasteiger partial charge in [0, 0.05) is 12.6 Å². The standard InChI is InChI=1S/C12H14N2O6S/c15-11(16)12(6-3-7-12)8-13-21(19,20)10-5-2-1-4-9(10)14(17)18/h1-2,4-5,13H,3,6-8H2,(H,15,16). The third-order valence-corrected chi connectivity index (χ3v) is 5.17. The summed E-state index contributed by atoms with van der Waals surface area (Å²) in [5, 5.41) is 20.0. The van der Waals surface area contributed by atoms with Crippen LogP contribution in [0.3, 0.4) is 0 Å². The van der Waals surface area contributed by atoms with E-state index in [9.17, 15) is 23.3 Å². The summed E-state index contributed by atoms with van der Waals surface area (Å²) in [6.07, 6.45) is 1.50. The number of hydrogen-bond acceptors (Lipinski definition) is 5. The molecule has 0 saturated heterocycles. The second-order valence-corrected chi connectivity index (χ2v) is 6.72. The van der Waals surface area contributed by atoms with Crippen LogP contribution in [0, 0.1) is 15.5 Å². The molecule has 0 spiro atoms. The van der Waals surface area contributed by atoms with E-state index in [2.05, 4.69) is 4.72 Å². The highest BCUT2D eigenvalue weighted by Gasteiger charge is 2.45. The van der Waals surface area contributed by atoms with E-state index >= 15 is 0 Å². The summed E-state index contributed by atoms with van der Waals surface area (Å²) >= 11 is 0. The van der Waals surface area contributed by atoms with Crippen LogP contribution in [0.4, 0.5) is 5.69 Å². The van der Waals surface area contributed by atoms with E-state index in [0.717, 1.165) is 18.6 Å². The second kappa shape index (κ2) is 5.41. The fraction of sp³-hybridized carbons (Fsp3) is 0.417. The van der Waals surface area contributed by atoms with Gasteiger partial charge in [-0.1, -0.05) is 18.6 Å². The van der Waals surface area contributed by atoms with E-state index in [1.165, 1.54) is 12.1 Å². The number of nitrogens with zero attached hydrogens (tertiary/aromatic N) is 1. The van der Waals surface area contributed by atoms with E-state index in [-0.39, 0.29) is 6.54 Å². The van der Waals surface area contributed by atoms with Gasteiger partial charge in [0.15, 0.2) is 4.90 Å². The van der Waals surface area contributed by atoms with E-state index in [0.29, 0.717) is 12.8 Å². The molecule has 9 heteroatoms. The monoisotopic (exact) mass is 314 g/mol. The zero-order chi connectivity index (χ0) is 15.7. The number of nitro benzene ring substituents is 1. The van der Waals surface area contributed by atoms with Crippen LogP contribution < -0.4 is 4.72 Å². The van der Waals surface area contributed by atoms with E-state index in [1.807, 2.05) is 0 Å². The van der Waals surface area contributed by atoms with Gasteiger partial charge in [0.2, 0.25) is 10.0 Å². The fourth-order valence-corrected chi connectivity index (χ4v) is 3.51. The Balaban J connectivity index is 2.24. The molecule has 2 N–H and O–H groups in total. The first kappa shape index (κ1) is 15.4. The van der Waals surface area contributed by atoms with Gasteiger partial charge in [0.05, 0.1) is 10.3 Å². The molecule has 1 aliphatic rings. The highest BCUT2D eigenvalue weighted by molar-refractivity contribution is 7.89. The van der Waals surface area contributed by atoms with Crippen molar-refractivity contribution in [1.82, 2.24) is 4.72 Å². The normalized spacial score (nSPS) is 17.0. The number of carboxylic acids is 1. The Labute approximate surface area is 121 Å². The Morgan fingerprint density at radius 1 is 1.38 bits per heavy atom. The van der Waals surface area contributed by atoms with Crippen molar-refractivity contribution in [3.8, 4) is 0 Å². The van der Waals surface area contributed by atoms with Gasteiger partial charge in [-0.05, 0) is 18.9 Å². The average Bonchev–Trinajstić information content (AvgIpc) is 2.36. The minimum Gasteiger partial charge on any atom is -0.481 e. The molecule has 1 fully saturated rings. The SMILES string of the molecule is O=C(O)C1(CNS(=O)(=O)c2ccccc2[N+](=O)[O-])CCC1. The number of nitrogens with one attached hydrogen (secondary N) is 1. The number of sulfonamides is 1. The fourth-order valence-electron chi connectivity index (χ4n) is 2.22. The molecule has 1 aliphatic carbocycles. The van der Waals surface area contributed by atoms with Crippen molar-refractivity contribution < 1.29 is 23.2 Å². The highest BCUT2D eigenvalue weighted by atomic mass is 32.2. The summed E-state index contributed by atoms with van der Waals surface area (Å²) < 4.78 is 26.5. The lowest BCUT2D eigenvalue weighted by Gasteiger charge is -2.37. The Kier molecular flexibility index (Phi) is 3.97. The lowest BCUT2D eigenvalue weighted by Crippen LogP contribution is -2.47. The van der Waals surface area contributed by atoms with Crippen LogP contribution in [-0.4, -0.2) is 31.0 Å². The van der Waals surface area contributed by atoms with Crippen LogP contribution in [-0.2, 0) is 14.8 Å². The summed E-state index contributed by atoms with van der Waals surface area (Å²) in [6.45, 7) is -0.267. The predicted octanol–water partition coefficient (Wildman–Crippen LogP) is 1.13. The smallest absolute Gasteiger partial charge is 0.310 e. The number of carbonyl (C=O) groups is 1. The van der Waals surface area contributed by atoms with Crippen LogP contribution >= 0.6 is 0 Å². The number of aliphatic carboxylic acids is 1. The second-order valence-electron chi connectivity index (χ2n) is 4.99. The van der Waals surface area contributed by atoms with Gasteiger partial charge in [0.25, 0.3) is 5.69 Å². The third-order valence-electron chi connectivity index (χ3n) is 3.72. The number of rotatable bonds is 6. The van der Waals surface area contributed by atoms with Gasteiger partial charge in [-0.2, -0.15) is 0 Å². The Morgan fingerprint density at radius 2 is 2.00 bits per heavy atom. The Hall–Kier alpha value is -2.00. The first-order valence-electron chi connectivity index (χ1n) is 6.25. The topological polar surface area (TPSA) is 127 Å². The number of benzene rings is 1. The quantitative estimate of drug-likeness (QED) is 0.598. The number of nitro groups is 1. The Bertz CT molecular complexity index is 681. The highest BCUT2D eigenvalue weighted by Crippen LogP contribution is 2.40. The minimum absolute atomic E-state index is 0.267. The molecule has 0 bridgehead atoms. The van der Waals surface area contributed by atoms with Crippen molar-refractivity contribution in [3.05, 3.63) is 34.4 Å². The molecule has 114 valence electrons. The van der Waals surface area contributed by atoms with Gasteiger partial charge in [-0.25, -0.2) is 13.1 Å². The first-order chi connectivity index (χ1) is 9.78. The molecule has 0 heterocycles.